The van der Waals surface area contributed by atoms with E-state index < -0.39 is 0 Å². The average molecular weight is 259 g/mol. The number of hydrogen-bond acceptors (Lipinski definition) is 3. The number of hydrogen-bond donors (Lipinski definition) is 2. The molecule has 0 saturated heterocycles. The fourth-order valence-corrected chi connectivity index (χ4v) is 2.03. The van der Waals surface area contributed by atoms with Gasteiger partial charge in [0.05, 0.1) is 5.69 Å². The molecule has 2 rings (SSSR count). The molecular weight excluding hydrogens is 241 g/mol. The van der Waals surface area contributed by atoms with Gasteiger partial charge in [-0.2, -0.15) is 0 Å². The van der Waals surface area contributed by atoms with Crippen LogP contribution in [0, 0.1) is 26.6 Å². The Morgan fingerprint density at radius 2 is 1.79 bits per heavy atom. The van der Waals surface area contributed by atoms with E-state index in [1.165, 1.54) is 0 Å². The Labute approximate surface area is 112 Å². The Morgan fingerprint density at radius 3 is 2.42 bits per heavy atom. The lowest BCUT2D eigenvalue weighted by Crippen LogP contribution is -2.06. The summed E-state index contributed by atoms with van der Waals surface area (Å²) < 4.78 is 13.5. The first kappa shape index (κ1) is 13.3. The summed E-state index contributed by atoms with van der Waals surface area (Å²) in [5.41, 5.74) is 9.91. The van der Waals surface area contributed by atoms with Gasteiger partial charge in [0.15, 0.2) is 0 Å². The quantitative estimate of drug-likeness (QED) is 0.888. The van der Waals surface area contributed by atoms with Crippen molar-refractivity contribution in [1.82, 2.24) is 4.98 Å². The van der Waals surface area contributed by atoms with Crippen LogP contribution < -0.4 is 11.1 Å². The topological polar surface area (TPSA) is 50.9 Å². The predicted octanol–water partition coefficient (Wildman–Crippen LogP) is 3.34. The number of halogens is 1. The minimum absolute atomic E-state index is 0.142. The number of benzene rings is 1. The van der Waals surface area contributed by atoms with E-state index in [-0.39, 0.29) is 5.82 Å². The predicted molar refractivity (Wildman–Crippen MR) is 76.6 cm³/mol. The fourth-order valence-electron chi connectivity index (χ4n) is 2.03. The van der Waals surface area contributed by atoms with Gasteiger partial charge >= 0.3 is 0 Å². The first-order valence-electron chi connectivity index (χ1n) is 6.19. The molecule has 1 heterocycles. The van der Waals surface area contributed by atoms with Gasteiger partial charge in [0, 0.05) is 12.7 Å². The number of rotatable bonds is 3. The molecule has 0 bridgehead atoms. The number of pyridine rings is 1. The third kappa shape index (κ3) is 2.84. The fraction of sp³-hybridized carbons (Fsp3) is 0.267. The standard InChI is InChI=1S/C15H18FN3/c1-9-4-5-18-15(14(9)17)19-8-12-6-10(2)13(16)11(3)7-12/h4-7H,8,17H2,1-3H3,(H,18,19). The van der Waals surface area contributed by atoms with Crippen molar-refractivity contribution in [1.29, 1.82) is 0 Å². The minimum Gasteiger partial charge on any atom is -0.396 e. The van der Waals surface area contributed by atoms with Crippen LogP contribution in [0.3, 0.4) is 0 Å². The van der Waals surface area contributed by atoms with Crippen molar-refractivity contribution >= 4 is 11.5 Å². The van der Waals surface area contributed by atoms with Gasteiger partial charge in [0.1, 0.15) is 11.6 Å². The molecular formula is C15H18FN3. The molecule has 0 aliphatic rings. The van der Waals surface area contributed by atoms with Gasteiger partial charge in [0.2, 0.25) is 0 Å². The molecule has 0 aliphatic carbocycles. The van der Waals surface area contributed by atoms with Crippen molar-refractivity contribution < 1.29 is 4.39 Å². The summed E-state index contributed by atoms with van der Waals surface area (Å²) in [7, 11) is 0. The summed E-state index contributed by atoms with van der Waals surface area (Å²) in [5, 5.41) is 3.19. The van der Waals surface area contributed by atoms with E-state index in [1.807, 2.05) is 25.1 Å². The van der Waals surface area contributed by atoms with E-state index in [2.05, 4.69) is 10.3 Å². The maximum atomic E-state index is 13.5. The summed E-state index contributed by atoms with van der Waals surface area (Å²) in [6.45, 7) is 6.05. The van der Waals surface area contributed by atoms with E-state index in [1.54, 1.807) is 20.0 Å². The zero-order valence-corrected chi connectivity index (χ0v) is 11.4. The summed E-state index contributed by atoms with van der Waals surface area (Å²) in [5.74, 6) is 0.525. The van der Waals surface area contributed by atoms with E-state index in [9.17, 15) is 4.39 Å². The molecule has 2 aromatic rings. The summed E-state index contributed by atoms with van der Waals surface area (Å²) in [6, 6.07) is 5.54. The zero-order valence-electron chi connectivity index (χ0n) is 11.4. The molecule has 0 atom stereocenters. The van der Waals surface area contributed by atoms with Crippen LogP contribution in [-0.4, -0.2) is 4.98 Å². The molecule has 1 aromatic carbocycles. The highest BCUT2D eigenvalue weighted by molar-refractivity contribution is 5.64. The molecule has 3 N–H and O–H groups in total. The van der Waals surface area contributed by atoms with Crippen molar-refractivity contribution in [3.05, 3.63) is 52.5 Å². The van der Waals surface area contributed by atoms with Gasteiger partial charge in [0.25, 0.3) is 0 Å². The van der Waals surface area contributed by atoms with Crippen LogP contribution in [0.15, 0.2) is 24.4 Å². The molecule has 1 aromatic heterocycles. The second kappa shape index (κ2) is 5.26. The molecule has 0 fully saturated rings. The van der Waals surface area contributed by atoms with Gasteiger partial charge in [-0.3, -0.25) is 0 Å². The van der Waals surface area contributed by atoms with Gasteiger partial charge in [-0.05, 0) is 49.1 Å². The normalized spacial score (nSPS) is 10.5. The van der Waals surface area contributed by atoms with Crippen molar-refractivity contribution in [2.24, 2.45) is 0 Å². The highest BCUT2D eigenvalue weighted by Gasteiger charge is 2.06. The molecule has 4 heteroatoms. The maximum absolute atomic E-state index is 13.5. The van der Waals surface area contributed by atoms with E-state index in [0.717, 1.165) is 11.1 Å². The van der Waals surface area contributed by atoms with Gasteiger partial charge in [-0.25, -0.2) is 9.37 Å². The second-order valence-electron chi connectivity index (χ2n) is 4.79. The van der Waals surface area contributed by atoms with Crippen molar-refractivity contribution in [3.63, 3.8) is 0 Å². The number of aryl methyl sites for hydroxylation is 3. The number of nitrogens with zero attached hydrogens (tertiary/aromatic N) is 1. The van der Waals surface area contributed by atoms with Crippen LogP contribution in [-0.2, 0) is 6.54 Å². The molecule has 0 saturated carbocycles. The van der Waals surface area contributed by atoms with Crippen LogP contribution in [0.25, 0.3) is 0 Å². The first-order chi connectivity index (χ1) is 8.99. The molecule has 0 spiro atoms. The molecule has 0 aliphatic heterocycles. The molecule has 19 heavy (non-hydrogen) atoms. The number of aromatic nitrogens is 1. The van der Waals surface area contributed by atoms with Gasteiger partial charge in [-0.1, -0.05) is 12.1 Å². The summed E-state index contributed by atoms with van der Waals surface area (Å²) in [4.78, 5) is 4.21. The Balaban J connectivity index is 2.17. The number of nitrogens with two attached hydrogens (primary N) is 1. The highest BCUT2D eigenvalue weighted by Crippen LogP contribution is 2.20. The number of nitrogens with one attached hydrogen (secondary N) is 1. The zero-order chi connectivity index (χ0) is 14.0. The Morgan fingerprint density at radius 1 is 1.16 bits per heavy atom. The average Bonchev–Trinajstić information content (AvgIpc) is 2.37. The van der Waals surface area contributed by atoms with E-state index in [4.69, 9.17) is 5.73 Å². The Hall–Kier alpha value is -2.10. The van der Waals surface area contributed by atoms with Crippen molar-refractivity contribution in [2.75, 3.05) is 11.1 Å². The highest BCUT2D eigenvalue weighted by atomic mass is 19.1. The Bertz CT molecular complexity index is 585. The summed E-state index contributed by atoms with van der Waals surface area (Å²) >= 11 is 0. The lowest BCUT2D eigenvalue weighted by atomic mass is 10.1. The van der Waals surface area contributed by atoms with Crippen LogP contribution in [0.1, 0.15) is 22.3 Å². The van der Waals surface area contributed by atoms with E-state index in [0.29, 0.717) is 29.2 Å². The molecule has 100 valence electrons. The molecule has 3 nitrogen and oxygen atoms in total. The molecule has 0 unspecified atom stereocenters. The monoisotopic (exact) mass is 259 g/mol. The third-order valence-electron chi connectivity index (χ3n) is 3.16. The van der Waals surface area contributed by atoms with Crippen LogP contribution in [0.2, 0.25) is 0 Å². The van der Waals surface area contributed by atoms with Gasteiger partial charge in [-0.15, -0.1) is 0 Å². The van der Waals surface area contributed by atoms with Crippen molar-refractivity contribution in [3.8, 4) is 0 Å². The lowest BCUT2D eigenvalue weighted by molar-refractivity contribution is 0.608. The molecule has 0 amide bonds. The second-order valence-corrected chi connectivity index (χ2v) is 4.79. The summed E-state index contributed by atoms with van der Waals surface area (Å²) in [6.07, 6.45) is 1.72. The third-order valence-corrected chi connectivity index (χ3v) is 3.16. The van der Waals surface area contributed by atoms with Gasteiger partial charge < -0.3 is 11.1 Å². The van der Waals surface area contributed by atoms with Crippen LogP contribution in [0.4, 0.5) is 15.9 Å². The SMILES string of the molecule is Cc1ccnc(NCc2cc(C)c(F)c(C)c2)c1N. The van der Waals surface area contributed by atoms with Crippen LogP contribution in [0.5, 0.6) is 0 Å². The lowest BCUT2D eigenvalue weighted by Gasteiger charge is -2.11. The molecule has 0 radical (unpaired) electrons. The van der Waals surface area contributed by atoms with E-state index >= 15 is 0 Å². The smallest absolute Gasteiger partial charge is 0.149 e. The minimum atomic E-state index is -0.142. The first-order valence-corrected chi connectivity index (χ1v) is 6.19. The largest absolute Gasteiger partial charge is 0.396 e. The number of nitrogen functional groups attached to an aromatic ring is 1. The van der Waals surface area contributed by atoms with Crippen LogP contribution >= 0.6 is 0 Å². The number of anilines is 2. The maximum Gasteiger partial charge on any atom is 0.149 e. The Kier molecular flexibility index (Phi) is 3.69. The van der Waals surface area contributed by atoms with Crippen molar-refractivity contribution in [2.45, 2.75) is 27.3 Å².